The van der Waals surface area contributed by atoms with Gasteiger partial charge < -0.3 is 9.64 Å². The van der Waals surface area contributed by atoms with Crippen LogP contribution in [-0.2, 0) is 11.2 Å². The van der Waals surface area contributed by atoms with Gasteiger partial charge in [-0.15, -0.1) is 0 Å². The normalized spacial score (nSPS) is 14.2. The standard InChI is InChI=1S/C25H27N5O/c1-2-3-4-20-5-7-21(8-6-20)26-27-22-9-11-23(12-10-22)28-29-24-13-15-25(16-14-24)30-17-18-31-19-30/h5-16H,2-4,17-19H2,1H3. The zero-order chi connectivity index (χ0) is 21.3. The van der Waals surface area contributed by atoms with Gasteiger partial charge in [0.05, 0.1) is 29.4 Å². The number of benzene rings is 3. The molecule has 6 nitrogen and oxygen atoms in total. The summed E-state index contributed by atoms with van der Waals surface area (Å²) in [5.41, 5.74) is 5.71. The van der Waals surface area contributed by atoms with Crippen LogP contribution in [0.5, 0.6) is 0 Å². The molecule has 0 bridgehead atoms. The smallest absolute Gasteiger partial charge is 0.119 e. The molecule has 0 N–H and O–H groups in total. The van der Waals surface area contributed by atoms with Crippen LogP contribution in [0.2, 0.25) is 0 Å². The van der Waals surface area contributed by atoms with Gasteiger partial charge in [0.15, 0.2) is 0 Å². The SMILES string of the molecule is CCCCc1ccc(N=Nc2ccc(N=Nc3ccc(N4CCOC4)cc3)cc2)cc1. The Morgan fingerprint density at radius 2 is 1.19 bits per heavy atom. The lowest BCUT2D eigenvalue weighted by Crippen LogP contribution is -2.17. The van der Waals surface area contributed by atoms with Gasteiger partial charge in [0, 0.05) is 12.2 Å². The van der Waals surface area contributed by atoms with Crippen molar-refractivity contribution in [3.8, 4) is 0 Å². The Balaban J connectivity index is 1.33. The third-order valence-corrected chi connectivity index (χ3v) is 5.13. The van der Waals surface area contributed by atoms with Gasteiger partial charge in [-0.05, 0) is 79.1 Å². The summed E-state index contributed by atoms with van der Waals surface area (Å²) in [6.07, 6.45) is 3.53. The Hall–Kier alpha value is -3.38. The summed E-state index contributed by atoms with van der Waals surface area (Å²) in [4.78, 5) is 2.19. The van der Waals surface area contributed by atoms with Crippen molar-refractivity contribution in [1.29, 1.82) is 0 Å². The molecule has 158 valence electrons. The van der Waals surface area contributed by atoms with Crippen LogP contribution in [0.25, 0.3) is 0 Å². The Morgan fingerprint density at radius 1 is 0.710 bits per heavy atom. The fraction of sp³-hybridized carbons (Fsp3) is 0.280. The average Bonchev–Trinajstić information content (AvgIpc) is 3.37. The lowest BCUT2D eigenvalue weighted by Gasteiger charge is -2.15. The monoisotopic (exact) mass is 413 g/mol. The van der Waals surface area contributed by atoms with Crippen molar-refractivity contribution in [1.82, 2.24) is 0 Å². The molecule has 1 aliphatic rings. The second-order valence-electron chi connectivity index (χ2n) is 7.50. The number of anilines is 1. The van der Waals surface area contributed by atoms with E-state index in [1.165, 1.54) is 18.4 Å². The molecule has 31 heavy (non-hydrogen) atoms. The van der Waals surface area contributed by atoms with E-state index in [2.05, 4.69) is 44.4 Å². The minimum absolute atomic E-state index is 0.648. The Bertz CT molecular complexity index is 1010. The van der Waals surface area contributed by atoms with Crippen molar-refractivity contribution in [2.75, 3.05) is 24.8 Å². The summed E-state index contributed by atoms with van der Waals surface area (Å²) in [6.45, 7) is 4.56. The van der Waals surface area contributed by atoms with E-state index in [-0.39, 0.29) is 0 Å². The second-order valence-corrected chi connectivity index (χ2v) is 7.50. The first kappa shape index (κ1) is 20.9. The van der Waals surface area contributed by atoms with E-state index in [0.717, 1.165) is 48.0 Å². The molecular formula is C25H27N5O. The number of azo groups is 2. The third kappa shape index (κ3) is 6.06. The van der Waals surface area contributed by atoms with Gasteiger partial charge >= 0.3 is 0 Å². The van der Waals surface area contributed by atoms with Crippen LogP contribution >= 0.6 is 0 Å². The quantitative estimate of drug-likeness (QED) is 0.356. The number of hydrogen-bond donors (Lipinski definition) is 0. The van der Waals surface area contributed by atoms with Gasteiger partial charge in [0.2, 0.25) is 0 Å². The Labute approximate surface area is 183 Å². The van der Waals surface area contributed by atoms with Crippen LogP contribution in [0.15, 0.2) is 93.3 Å². The van der Waals surface area contributed by atoms with Gasteiger partial charge in [0.25, 0.3) is 0 Å². The molecule has 6 heteroatoms. The van der Waals surface area contributed by atoms with Crippen molar-refractivity contribution < 1.29 is 4.74 Å². The average molecular weight is 414 g/mol. The summed E-state index contributed by atoms with van der Waals surface area (Å²) in [6, 6.07) is 23.9. The molecule has 0 aliphatic carbocycles. The van der Waals surface area contributed by atoms with Crippen molar-refractivity contribution in [3.63, 3.8) is 0 Å². The molecule has 0 aromatic heterocycles. The number of unbranched alkanes of at least 4 members (excludes halogenated alkanes) is 1. The van der Waals surface area contributed by atoms with Crippen LogP contribution < -0.4 is 4.90 Å². The van der Waals surface area contributed by atoms with E-state index < -0.39 is 0 Å². The first-order valence-electron chi connectivity index (χ1n) is 10.8. The minimum Gasteiger partial charge on any atom is -0.359 e. The summed E-state index contributed by atoms with van der Waals surface area (Å²) in [7, 11) is 0. The number of aryl methyl sites for hydroxylation is 1. The fourth-order valence-corrected chi connectivity index (χ4v) is 3.27. The third-order valence-electron chi connectivity index (χ3n) is 5.13. The van der Waals surface area contributed by atoms with Crippen LogP contribution in [0, 0.1) is 0 Å². The maximum atomic E-state index is 5.39. The molecule has 0 atom stereocenters. The molecule has 1 fully saturated rings. The second kappa shape index (κ2) is 10.6. The van der Waals surface area contributed by atoms with Gasteiger partial charge in [-0.2, -0.15) is 20.5 Å². The largest absolute Gasteiger partial charge is 0.359 e. The van der Waals surface area contributed by atoms with Crippen molar-refractivity contribution in [2.45, 2.75) is 26.2 Å². The highest BCUT2D eigenvalue weighted by Crippen LogP contribution is 2.25. The minimum atomic E-state index is 0.648. The molecule has 3 aromatic carbocycles. The molecule has 0 unspecified atom stereocenters. The lowest BCUT2D eigenvalue weighted by atomic mass is 10.1. The van der Waals surface area contributed by atoms with E-state index in [0.29, 0.717) is 6.73 Å². The predicted octanol–water partition coefficient (Wildman–Crippen LogP) is 7.65. The van der Waals surface area contributed by atoms with E-state index in [1.807, 2.05) is 60.7 Å². The van der Waals surface area contributed by atoms with Gasteiger partial charge in [-0.3, -0.25) is 0 Å². The van der Waals surface area contributed by atoms with Gasteiger partial charge in [-0.25, -0.2) is 0 Å². The van der Waals surface area contributed by atoms with E-state index in [1.54, 1.807) is 0 Å². The van der Waals surface area contributed by atoms with Gasteiger partial charge in [0.1, 0.15) is 6.73 Å². The summed E-state index contributed by atoms with van der Waals surface area (Å²) in [5.74, 6) is 0. The molecule has 3 aromatic rings. The number of rotatable bonds is 8. The van der Waals surface area contributed by atoms with Crippen molar-refractivity contribution in [3.05, 3.63) is 78.4 Å². The van der Waals surface area contributed by atoms with E-state index >= 15 is 0 Å². The fourth-order valence-electron chi connectivity index (χ4n) is 3.27. The molecular weight excluding hydrogens is 386 g/mol. The molecule has 0 saturated carbocycles. The number of hydrogen-bond acceptors (Lipinski definition) is 6. The lowest BCUT2D eigenvalue weighted by molar-refractivity contribution is 0.201. The zero-order valence-corrected chi connectivity index (χ0v) is 17.8. The summed E-state index contributed by atoms with van der Waals surface area (Å²) < 4.78 is 5.39. The molecule has 4 rings (SSSR count). The molecule has 0 spiro atoms. The molecule has 1 aliphatic heterocycles. The maximum absolute atomic E-state index is 5.39. The first-order valence-corrected chi connectivity index (χ1v) is 10.8. The number of ether oxygens (including phenoxy) is 1. The van der Waals surface area contributed by atoms with Crippen LogP contribution in [-0.4, -0.2) is 19.9 Å². The van der Waals surface area contributed by atoms with Crippen molar-refractivity contribution >= 4 is 28.4 Å². The summed E-state index contributed by atoms with van der Waals surface area (Å²) in [5, 5.41) is 17.3. The van der Waals surface area contributed by atoms with Crippen molar-refractivity contribution in [2.24, 2.45) is 20.5 Å². The predicted molar refractivity (Wildman–Crippen MR) is 124 cm³/mol. The van der Waals surface area contributed by atoms with E-state index in [4.69, 9.17) is 4.74 Å². The number of nitrogens with zero attached hydrogens (tertiary/aromatic N) is 5. The van der Waals surface area contributed by atoms with E-state index in [9.17, 15) is 0 Å². The highest BCUT2D eigenvalue weighted by Gasteiger charge is 2.11. The van der Waals surface area contributed by atoms with Crippen LogP contribution in [0.1, 0.15) is 25.3 Å². The molecule has 1 heterocycles. The van der Waals surface area contributed by atoms with Gasteiger partial charge in [-0.1, -0.05) is 25.5 Å². The Morgan fingerprint density at radius 3 is 1.65 bits per heavy atom. The summed E-state index contributed by atoms with van der Waals surface area (Å²) >= 11 is 0. The Kier molecular flexibility index (Phi) is 7.13. The highest BCUT2D eigenvalue weighted by atomic mass is 16.5. The molecule has 0 radical (unpaired) electrons. The van der Waals surface area contributed by atoms with Crippen LogP contribution in [0.4, 0.5) is 28.4 Å². The topological polar surface area (TPSA) is 61.9 Å². The van der Waals surface area contributed by atoms with Crippen LogP contribution in [0.3, 0.4) is 0 Å². The highest BCUT2D eigenvalue weighted by molar-refractivity contribution is 5.53. The maximum Gasteiger partial charge on any atom is 0.119 e. The zero-order valence-electron chi connectivity index (χ0n) is 17.8. The molecule has 0 amide bonds. The first-order chi connectivity index (χ1) is 15.3. The molecule has 1 saturated heterocycles.